The number of rotatable bonds is 4. The van der Waals surface area contributed by atoms with E-state index >= 15 is 0 Å². The fourth-order valence-electron chi connectivity index (χ4n) is 2.85. The second kappa shape index (κ2) is 6.56. The van der Waals surface area contributed by atoms with Crippen molar-refractivity contribution in [2.75, 3.05) is 26.3 Å². The summed E-state index contributed by atoms with van der Waals surface area (Å²) in [5.74, 6) is 0.521. The Morgan fingerprint density at radius 2 is 1.63 bits per heavy atom. The van der Waals surface area contributed by atoms with Crippen LogP contribution in [-0.2, 0) is 9.53 Å². The van der Waals surface area contributed by atoms with Crippen LogP contribution in [-0.4, -0.2) is 33.0 Å². The van der Waals surface area contributed by atoms with Gasteiger partial charge in [-0.1, -0.05) is 0 Å². The summed E-state index contributed by atoms with van der Waals surface area (Å²) in [6, 6.07) is 8.33. The van der Waals surface area contributed by atoms with Crippen LogP contribution in [0.3, 0.4) is 0 Å². The first-order valence-electron chi connectivity index (χ1n) is 8.00. The minimum atomic E-state index is -0.757. The van der Waals surface area contributed by atoms with Crippen LogP contribution in [0.1, 0.15) is 15.9 Å². The van der Waals surface area contributed by atoms with Gasteiger partial charge in [0, 0.05) is 23.5 Å². The Kier molecular flexibility index (Phi) is 4.08. The smallest absolute Gasteiger partial charge is 0.348 e. The quantitative estimate of drug-likeness (QED) is 0.499. The van der Waals surface area contributed by atoms with Crippen LogP contribution >= 0.6 is 0 Å². The van der Waals surface area contributed by atoms with Crippen molar-refractivity contribution in [3.63, 3.8) is 0 Å². The zero-order chi connectivity index (χ0) is 19.0. The highest BCUT2D eigenvalue weighted by Gasteiger charge is 2.31. The van der Waals surface area contributed by atoms with Gasteiger partial charge in [-0.2, -0.15) is 0 Å². The molecule has 2 heterocycles. The molecular weight excluding hydrogens is 354 g/mol. The number of carbonyl (C=O) groups excluding carboxylic acids is 2. The molecule has 0 saturated carbocycles. The molecule has 0 aromatic heterocycles. The summed E-state index contributed by atoms with van der Waals surface area (Å²) in [4.78, 5) is 24.4. The summed E-state index contributed by atoms with van der Waals surface area (Å²) in [6.07, 6.45) is 1.47. The molecule has 2 aliphatic rings. The first-order chi connectivity index (χ1) is 13.1. The van der Waals surface area contributed by atoms with Crippen molar-refractivity contribution < 1.29 is 33.3 Å². The topological polar surface area (TPSA) is 92.3 Å². The van der Waals surface area contributed by atoms with E-state index in [0.717, 1.165) is 0 Å². The predicted molar refractivity (Wildman–Crippen MR) is 94.1 cm³/mol. The van der Waals surface area contributed by atoms with Crippen molar-refractivity contribution in [2.24, 2.45) is 0 Å². The molecule has 2 aliphatic heterocycles. The van der Waals surface area contributed by atoms with Crippen molar-refractivity contribution in [1.29, 1.82) is 0 Å². The van der Waals surface area contributed by atoms with E-state index in [1.165, 1.54) is 26.5 Å². The number of anilines is 1. The van der Waals surface area contributed by atoms with Gasteiger partial charge >= 0.3 is 11.9 Å². The van der Waals surface area contributed by atoms with Gasteiger partial charge in [0.05, 0.1) is 25.4 Å². The first kappa shape index (κ1) is 16.8. The molecule has 0 atom stereocenters. The molecule has 0 unspecified atom stereocenters. The number of methoxy groups -OCH3 is 2. The number of fused-ring (bicyclic) bond motifs is 2. The monoisotopic (exact) mass is 369 g/mol. The van der Waals surface area contributed by atoms with E-state index < -0.39 is 11.9 Å². The Balaban J connectivity index is 1.72. The Morgan fingerprint density at radius 1 is 0.926 bits per heavy atom. The largest absolute Gasteiger partial charge is 0.493 e. The van der Waals surface area contributed by atoms with E-state index in [4.69, 9.17) is 23.7 Å². The number of nitrogens with one attached hydrogen (secondary N) is 1. The maximum Gasteiger partial charge on any atom is 0.348 e. The number of hydrogen-bond acceptors (Lipinski definition) is 8. The van der Waals surface area contributed by atoms with Gasteiger partial charge in [-0.25, -0.2) is 9.59 Å². The molecule has 0 aliphatic carbocycles. The van der Waals surface area contributed by atoms with Crippen LogP contribution in [0, 0.1) is 0 Å². The van der Waals surface area contributed by atoms with E-state index in [9.17, 15) is 9.59 Å². The van der Waals surface area contributed by atoms with Crippen molar-refractivity contribution in [1.82, 2.24) is 0 Å². The van der Waals surface area contributed by atoms with E-state index in [-0.39, 0.29) is 17.9 Å². The fourth-order valence-corrected chi connectivity index (χ4v) is 2.85. The second-order valence-corrected chi connectivity index (χ2v) is 5.70. The van der Waals surface area contributed by atoms with Crippen molar-refractivity contribution in [2.45, 2.75) is 0 Å². The normalized spacial score (nSPS) is 16.0. The van der Waals surface area contributed by atoms with Crippen LogP contribution in [0.5, 0.6) is 23.0 Å². The molecule has 0 fully saturated rings. The van der Waals surface area contributed by atoms with E-state index in [1.54, 1.807) is 24.3 Å². The summed E-state index contributed by atoms with van der Waals surface area (Å²) in [7, 11) is 2.93. The molecule has 4 rings (SSSR count). The number of ether oxygens (including phenoxy) is 5. The molecule has 0 saturated heterocycles. The Bertz CT molecular complexity index is 980. The second-order valence-electron chi connectivity index (χ2n) is 5.70. The van der Waals surface area contributed by atoms with Crippen LogP contribution in [0.4, 0.5) is 5.69 Å². The van der Waals surface area contributed by atoms with Gasteiger partial charge in [-0.15, -0.1) is 0 Å². The van der Waals surface area contributed by atoms with Crippen molar-refractivity contribution >= 4 is 23.2 Å². The van der Waals surface area contributed by atoms with Gasteiger partial charge in [0.1, 0.15) is 0 Å². The Morgan fingerprint density at radius 3 is 2.37 bits per heavy atom. The first-order valence-corrected chi connectivity index (χ1v) is 8.00. The minimum Gasteiger partial charge on any atom is -0.493 e. The molecular formula is C19H15NO7. The van der Waals surface area contributed by atoms with Crippen LogP contribution in [0.15, 0.2) is 36.5 Å². The third kappa shape index (κ3) is 2.91. The molecule has 138 valence electrons. The average molecular weight is 369 g/mol. The molecule has 2 aromatic rings. The number of carbonyl (C=O) groups is 2. The van der Waals surface area contributed by atoms with E-state index in [0.29, 0.717) is 34.2 Å². The molecule has 0 spiro atoms. The molecule has 8 heteroatoms. The molecule has 8 nitrogen and oxygen atoms in total. The number of esters is 2. The number of cyclic esters (lactones) is 2. The third-order valence-corrected chi connectivity index (χ3v) is 4.19. The van der Waals surface area contributed by atoms with Crippen molar-refractivity contribution in [3.05, 3.63) is 47.7 Å². The van der Waals surface area contributed by atoms with E-state index in [2.05, 4.69) is 5.32 Å². The maximum absolute atomic E-state index is 12.3. The summed E-state index contributed by atoms with van der Waals surface area (Å²) in [5, 5.41) is 3.01. The molecule has 1 N–H and O–H groups in total. The van der Waals surface area contributed by atoms with Crippen LogP contribution in [0.25, 0.3) is 5.57 Å². The standard InChI is InChI=1S/C19H15NO7/c1-23-15-6-11-12(7-16(15)24-2)18(21)27-19(22)13(11)8-20-10-3-4-14-17(5-10)26-9-25-14/h3-8,20H,9H2,1-2H3/b13-8-. The lowest BCUT2D eigenvalue weighted by Crippen LogP contribution is -2.23. The zero-order valence-corrected chi connectivity index (χ0v) is 14.5. The summed E-state index contributed by atoms with van der Waals surface area (Å²) in [6.45, 7) is 0.170. The molecule has 2 aromatic carbocycles. The average Bonchev–Trinajstić information content (AvgIpc) is 3.14. The maximum atomic E-state index is 12.3. The minimum absolute atomic E-state index is 0.170. The lowest BCUT2D eigenvalue weighted by Gasteiger charge is -2.19. The van der Waals surface area contributed by atoms with Gasteiger partial charge in [0.25, 0.3) is 0 Å². The lowest BCUT2D eigenvalue weighted by molar-refractivity contribution is -0.131. The van der Waals surface area contributed by atoms with Gasteiger partial charge in [0.2, 0.25) is 6.79 Å². The van der Waals surface area contributed by atoms with Crippen LogP contribution in [0.2, 0.25) is 0 Å². The molecule has 0 amide bonds. The molecule has 27 heavy (non-hydrogen) atoms. The van der Waals surface area contributed by atoms with Crippen LogP contribution < -0.4 is 24.3 Å². The highest BCUT2D eigenvalue weighted by Crippen LogP contribution is 2.37. The molecule has 0 bridgehead atoms. The lowest BCUT2D eigenvalue weighted by atomic mass is 9.97. The van der Waals surface area contributed by atoms with Gasteiger partial charge in [0.15, 0.2) is 23.0 Å². The van der Waals surface area contributed by atoms with Crippen molar-refractivity contribution in [3.8, 4) is 23.0 Å². The fraction of sp³-hybridized carbons (Fsp3) is 0.158. The van der Waals surface area contributed by atoms with Gasteiger partial charge in [-0.3, -0.25) is 0 Å². The number of benzene rings is 2. The highest BCUT2D eigenvalue weighted by atomic mass is 16.7. The highest BCUT2D eigenvalue weighted by molar-refractivity contribution is 6.26. The van der Waals surface area contributed by atoms with Gasteiger partial charge < -0.3 is 29.0 Å². The SMILES string of the molecule is COc1cc2c(cc1OC)/C(=C/Nc1ccc3c(c1)OCO3)C(=O)OC2=O. The molecule has 0 radical (unpaired) electrons. The Hall–Kier alpha value is -3.68. The summed E-state index contributed by atoms with van der Waals surface area (Å²) >= 11 is 0. The predicted octanol–water partition coefficient (Wildman–Crippen LogP) is 2.58. The number of hydrogen-bond donors (Lipinski definition) is 1. The summed E-state index contributed by atoms with van der Waals surface area (Å²) in [5.41, 5.74) is 1.47. The van der Waals surface area contributed by atoms with E-state index in [1.807, 2.05) is 0 Å². The zero-order valence-electron chi connectivity index (χ0n) is 14.5. The third-order valence-electron chi connectivity index (χ3n) is 4.19. The Labute approximate surface area is 154 Å². The van der Waals surface area contributed by atoms with Gasteiger partial charge in [-0.05, 0) is 24.3 Å². The summed E-state index contributed by atoms with van der Waals surface area (Å²) < 4.78 is 25.9.